The average molecular weight is 357 g/mol. The van der Waals surface area contributed by atoms with Crippen LogP contribution >= 0.6 is 23.8 Å². The fourth-order valence-electron chi connectivity index (χ4n) is 2.13. The molecule has 1 aliphatic rings. The predicted molar refractivity (Wildman–Crippen MR) is 93.0 cm³/mol. The van der Waals surface area contributed by atoms with E-state index >= 15 is 0 Å². The van der Waals surface area contributed by atoms with E-state index in [1.54, 1.807) is 13.0 Å². The molecule has 23 heavy (non-hydrogen) atoms. The van der Waals surface area contributed by atoms with Gasteiger partial charge >= 0.3 is 0 Å². The van der Waals surface area contributed by atoms with Gasteiger partial charge in [0.1, 0.15) is 5.02 Å². The highest BCUT2D eigenvalue weighted by molar-refractivity contribution is 7.80. The Morgan fingerprint density at radius 1 is 1.61 bits per heavy atom. The second kappa shape index (κ2) is 8.19. The summed E-state index contributed by atoms with van der Waals surface area (Å²) in [5.41, 5.74) is 3.72. The fraction of sp³-hybridized carbons (Fsp3) is 0.429. The van der Waals surface area contributed by atoms with Crippen LogP contribution in [0, 0.1) is 10.1 Å². The molecule has 1 atom stereocenters. The number of ether oxygens (including phenoxy) is 1. The highest BCUT2D eigenvalue weighted by atomic mass is 35.5. The van der Waals surface area contributed by atoms with Crippen molar-refractivity contribution < 1.29 is 9.66 Å². The molecule has 1 saturated heterocycles. The molecule has 0 bridgehead atoms. The lowest BCUT2D eigenvalue weighted by Crippen LogP contribution is -2.37. The molecule has 2 N–H and O–H groups in total. The first-order chi connectivity index (χ1) is 11.0. The lowest BCUT2D eigenvalue weighted by molar-refractivity contribution is -0.384. The fourth-order valence-corrected chi connectivity index (χ4v) is 2.44. The third kappa shape index (κ3) is 5.12. The number of nitrogens with zero attached hydrogens (tertiary/aromatic N) is 2. The summed E-state index contributed by atoms with van der Waals surface area (Å²) in [4.78, 5) is 10.4. The summed E-state index contributed by atoms with van der Waals surface area (Å²) in [6.07, 6.45) is 2.27. The van der Waals surface area contributed by atoms with Crippen molar-refractivity contribution in [2.24, 2.45) is 5.10 Å². The molecule has 0 radical (unpaired) electrons. The number of thiocarbonyl (C=S) groups is 1. The van der Waals surface area contributed by atoms with E-state index < -0.39 is 4.92 Å². The molecule has 1 aromatic carbocycles. The maximum absolute atomic E-state index is 10.9. The smallest absolute Gasteiger partial charge is 0.288 e. The number of nitro benzene ring substituents is 1. The number of hydrogen-bond acceptors (Lipinski definition) is 5. The molecule has 0 spiro atoms. The van der Waals surface area contributed by atoms with Crippen molar-refractivity contribution in [3.05, 3.63) is 38.9 Å². The summed E-state index contributed by atoms with van der Waals surface area (Å²) in [7, 11) is 0. The van der Waals surface area contributed by atoms with Gasteiger partial charge in [-0.3, -0.25) is 15.5 Å². The molecular formula is C14H17ClN4O3S. The predicted octanol–water partition coefficient (Wildman–Crippen LogP) is 2.62. The zero-order valence-electron chi connectivity index (χ0n) is 12.5. The number of nitro groups is 1. The molecule has 1 aromatic rings. The van der Waals surface area contributed by atoms with Crippen LogP contribution in [0.15, 0.2) is 23.3 Å². The maximum atomic E-state index is 10.9. The summed E-state index contributed by atoms with van der Waals surface area (Å²) < 4.78 is 5.48. The van der Waals surface area contributed by atoms with Gasteiger partial charge in [-0.05, 0) is 38.0 Å². The number of hydrazone groups is 1. The van der Waals surface area contributed by atoms with Gasteiger partial charge in [0.05, 0.1) is 16.7 Å². The van der Waals surface area contributed by atoms with Crippen molar-refractivity contribution in [1.82, 2.24) is 10.7 Å². The summed E-state index contributed by atoms with van der Waals surface area (Å²) in [5.74, 6) is 0. The minimum absolute atomic E-state index is 0.0910. The zero-order valence-corrected chi connectivity index (χ0v) is 14.1. The number of rotatable bonds is 5. The molecule has 0 aromatic heterocycles. The third-order valence-electron chi connectivity index (χ3n) is 3.40. The van der Waals surface area contributed by atoms with Crippen LogP contribution in [-0.2, 0) is 4.74 Å². The van der Waals surface area contributed by atoms with E-state index in [4.69, 9.17) is 28.6 Å². The second-order valence-electron chi connectivity index (χ2n) is 5.08. The molecule has 1 aliphatic heterocycles. The Morgan fingerprint density at radius 3 is 3.04 bits per heavy atom. The molecule has 2 rings (SSSR count). The first kappa shape index (κ1) is 17.6. The number of hydrogen-bond donors (Lipinski definition) is 2. The largest absolute Gasteiger partial charge is 0.376 e. The van der Waals surface area contributed by atoms with Crippen LogP contribution in [0.5, 0.6) is 0 Å². The highest BCUT2D eigenvalue weighted by Gasteiger charge is 2.15. The Labute approximate surface area is 144 Å². The van der Waals surface area contributed by atoms with Gasteiger partial charge < -0.3 is 10.1 Å². The van der Waals surface area contributed by atoms with Crippen molar-refractivity contribution in [3.63, 3.8) is 0 Å². The van der Waals surface area contributed by atoms with Crippen LogP contribution in [-0.4, -0.2) is 35.0 Å². The standard InChI is InChI=1S/C14H17ClN4O3S/c1-9(10-4-5-12(15)13(7-10)19(20)21)17-18-14(23)16-8-11-3-2-6-22-11/h4-5,7,11H,2-3,6,8H2,1H3,(H2,16,18,23). The Hall–Kier alpha value is -1.77. The summed E-state index contributed by atoms with van der Waals surface area (Å²) in [5, 5.41) is 18.5. The molecule has 1 unspecified atom stereocenters. The lowest BCUT2D eigenvalue weighted by atomic mass is 10.1. The summed E-state index contributed by atoms with van der Waals surface area (Å²) >= 11 is 10.9. The Kier molecular flexibility index (Phi) is 6.26. The molecule has 0 saturated carbocycles. The SMILES string of the molecule is CC(=NNC(=S)NCC1CCCO1)c1ccc(Cl)c([N+](=O)[O-])c1. The van der Waals surface area contributed by atoms with Gasteiger partial charge in [0.25, 0.3) is 5.69 Å². The van der Waals surface area contributed by atoms with Gasteiger partial charge in [-0.1, -0.05) is 17.7 Å². The quantitative estimate of drug-likeness (QED) is 0.365. The van der Waals surface area contributed by atoms with Crippen LogP contribution in [0.25, 0.3) is 0 Å². The van der Waals surface area contributed by atoms with Crippen LogP contribution < -0.4 is 10.7 Å². The van der Waals surface area contributed by atoms with E-state index in [-0.39, 0.29) is 16.8 Å². The molecule has 7 nitrogen and oxygen atoms in total. The van der Waals surface area contributed by atoms with Crippen LogP contribution in [0.2, 0.25) is 5.02 Å². The van der Waals surface area contributed by atoms with Crippen molar-refractivity contribution in [3.8, 4) is 0 Å². The van der Waals surface area contributed by atoms with Gasteiger partial charge in [0.2, 0.25) is 0 Å². The van der Waals surface area contributed by atoms with Gasteiger partial charge in [0, 0.05) is 24.8 Å². The van der Waals surface area contributed by atoms with Crippen LogP contribution in [0.3, 0.4) is 0 Å². The Morgan fingerprint density at radius 2 is 2.39 bits per heavy atom. The lowest BCUT2D eigenvalue weighted by Gasteiger charge is -2.12. The van der Waals surface area contributed by atoms with Crippen LogP contribution in [0.4, 0.5) is 5.69 Å². The monoisotopic (exact) mass is 356 g/mol. The van der Waals surface area contributed by atoms with Gasteiger partial charge in [-0.15, -0.1) is 0 Å². The number of benzene rings is 1. The molecule has 1 fully saturated rings. The Balaban J connectivity index is 1.92. The van der Waals surface area contributed by atoms with Gasteiger partial charge in [-0.2, -0.15) is 5.10 Å². The van der Waals surface area contributed by atoms with Gasteiger partial charge in [-0.25, -0.2) is 0 Å². The van der Waals surface area contributed by atoms with E-state index in [1.165, 1.54) is 12.1 Å². The average Bonchev–Trinajstić information content (AvgIpc) is 3.04. The second-order valence-corrected chi connectivity index (χ2v) is 5.89. The molecule has 0 aliphatic carbocycles. The highest BCUT2D eigenvalue weighted by Crippen LogP contribution is 2.25. The molecular weight excluding hydrogens is 340 g/mol. The van der Waals surface area contributed by atoms with Gasteiger partial charge in [0.15, 0.2) is 5.11 Å². The number of nitrogens with one attached hydrogen (secondary N) is 2. The maximum Gasteiger partial charge on any atom is 0.288 e. The van der Waals surface area contributed by atoms with E-state index in [9.17, 15) is 10.1 Å². The molecule has 9 heteroatoms. The van der Waals surface area contributed by atoms with E-state index in [1.807, 2.05) is 0 Å². The zero-order chi connectivity index (χ0) is 16.8. The first-order valence-corrected chi connectivity index (χ1v) is 7.90. The van der Waals surface area contributed by atoms with Crippen LogP contribution in [0.1, 0.15) is 25.3 Å². The van der Waals surface area contributed by atoms with E-state index in [2.05, 4.69) is 15.8 Å². The minimum Gasteiger partial charge on any atom is -0.376 e. The van der Waals surface area contributed by atoms with E-state index in [0.717, 1.165) is 19.4 Å². The normalized spacial score (nSPS) is 17.8. The number of halogens is 1. The first-order valence-electron chi connectivity index (χ1n) is 7.11. The van der Waals surface area contributed by atoms with Crippen molar-refractivity contribution in [2.45, 2.75) is 25.9 Å². The minimum atomic E-state index is -0.527. The summed E-state index contributed by atoms with van der Waals surface area (Å²) in [6.45, 7) is 3.15. The third-order valence-corrected chi connectivity index (χ3v) is 3.96. The van der Waals surface area contributed by atoms with Crippen molar-refractivity contribution >= 4 is 40.3 Å². The molecule has 124 valence electrons. The summed E-state index contributed by atoms with van der Waals surface area (Å²) in [6, 6.07) is 4.52. The van der Waals surface area contributed by atoms with Crippen molar-refractivity contribution in [2.75, 3.05) is 13.2 Å². The molecule has 0 amide bonds. The molecule has 1 heterocycles. The topological polar surface area (TPSA) is 88.8 Å². The van der Waals surface area contributed by atoms with E-state index in [0.29, 0.717) is 22.9 Å². The van der Waals surface area contributed by atoms with Crippen molar-refractivity contribution in [1.29, 1.82) is 0 Å². The Bertz CT molecular complexity index is 632.